The molecule has 158 valence electrons. The zero-order chi connectivity index (χ0) is 21.5. The highest BCUT2D eigenvalue weighted by molar-refractivity contribution is 7.13. The summed E-state index contributed by atoms with van der Waals surface area (Å²) < 4.78 is 34.9. The number of likely N-dealkylation sites (N-methyl/N-ethyl adjacent to an activating group) is 1. The minimum Gasteiger partial charge on any atom is -0.490 e. The van der Waals surface area contributed by atoms with Crippen LogP contribution in [0.4, 0.5) is 8.78 Å². The van der Waals surface area contributed by atoms with E-state index >= 15 is 0 Å². The first-order valence-electron chi connectivity index (χ1n) is 9.40. The Kier molecular flexibility index (Phi) is 7.35. The number of ether oxygens (including phenoxy) is 2. The SMILES string of the molecule is CCOc1cc(CN(C)C(=O)Cc2csc(-c3ccccc3)n2)ccc1OC(F)F. The van der Waals surface area contributed by atoms with Crippen LogP contribution in [0.25, 0.3) is 10.6 Å². The Morgan fingerprint density at radius 1 is 1.17 bits per heavy atom. The summed E-state index contributed by atoms with van der Waals surface area (Å²) in [5.41, 5.74) is 2.48. The van der Waals surface area contributed by atoms with E-state index in [-0.39, 0.29) is 23.8 Å². The van der Waals surface area contributed by atoms with Crippen LogP contribution in [0.3, 0.4) is 0 Å². The predicted molar refractivity (Wildman–Crippen MR) is 112 cm³/mol. The Bertz CT molecular complexity index is 980. The molecule has 5 nitrogen and oxygen atoms in total. The second kappa shape index (κ2) is 10.2. The van der Waals surface area contributed by atoms with Gasteiger partial charge in [-0.05, 0) is 24.6 Å². The molecule has 3 rings (SSSR count). The van der Waals surface area contributed by atoms with E-state index in [1.165, 1.54) is 17.4 Å². The molecule has 0 spiro atoms. The minimum absolute atomic E-state index is 0.0273. The number of hydrogen-bond acceptors (Lipinski definition) is 5. The number of aromatic nitrogens is 1. The zero-order valence-corrected chi connectivity index (χ0v) is 17.5. The van der Waals surface area contributed by atoms with Crippen molar-refractivity contribution in [2.45, 2.75) is 26.5 Å². The van der Waals surface area contributed by atoms with Crippen molar-refractivity contribution in [1.82, 2.24) is 9.88 Å². The topological polar surface area (TPSA) is 51.7 Å². The lowest BCUT2D eigenvalue weighted by Gasteiger charge is -2.18. The standard InChI is InChI=1S/C22H22F2N2O3S/c1-3-28-19-11-15(9-10-18(19)29-22(23)24)13-26(2)20(27)12-17-14-30-21(25-17)16-7-5-4-6-8-16/h4-11,14,22H,3,12-13H2,1-2H3. The van der Waals surface area contributed by atoms with Gasteiger partial charge in [-0.2, -0.15) is 8.78 Å². The van der Waals surface area contributed by atoms with Crippen LogP contribution in [0.5, 0.6) is 11.5 Å². The number of nitrogens with zero attached hydrogens (tertiary/aromatic N) is 2. The summed E-state index contributed by atoms with van der Waals surface area (Å²) >= 11 is 1.50. The van der Waals surface area contributed by atoms with E-state index in [4.69, 9.17) is 4.74 Å². The fraction of sp³-hybridized carbons (Fsp3) is 0.273. The number of amides is 1. The number of rotatable bonds is 9. The molecular formula is C22H22F2N2O3S. The molecular weight excluding hydrogens is 410 g/mol. The highest BCUT2D eigenvalue weighted by Crippen LogP contribution is 2.30. The van der Waals surface area contributed by atoms with Gasteiger partial charge in [0.15, 0.2) is 11.5 Å². The van der Waals surface area contributed by atoms with Gasteiger partial charge >= 0.3 is 6.61 Å². The molecule has 8 heteroatoms. The third-order valence-corrected chi connectivity index (χ3v) is 5.21. The number of benzene rings is 2. The van der Waals surface area contributed by atoms with E-state index in [2.05, 4.69) is 9.72 Å². The van der Waals surface area contributed by atoms with Crippen LogP contribution in [0.1, 0.15) is 18.2 Å². The molecule has 1 amide bonds. The lowest BCUT2D eigenvalue weighted by molar-refractivity contribution is -0.129. The van der Waals surface area contributed by atoms with Crippen molar-refractivity contribution >= 4 is 17.2 Å². The minimum atomic E-state index is -2.93. The van der Waals surface area contributed by atoms with Crippen molar-refractivity contribution in [2.75, 3.05) is 13.7 Å². The summed E-state index contributed by atoms with van der Waals surface area (Å²) in [6.45, 7) is -0.556. The summed E-state index contributed by atoms with van der Waals surface area (Å²) in [4.78, 5) is 18.7. The van der Waals surface area contributed by atoms with E-state index in [9.17, 15) is 13.6 Å². The summed E-state index contributed by atoms with van der Waals surface area (Å²) in [6.07, 6.45) is 0.185. The first-order chi connectivity index (χ1) is 14.5. The van der Waals surface area contributed by atoms with Crippen molar-refractivity contribution in [1.29, 1.82) is 0 Å². The maximum atomic E-state index is 12.6. The first-order valence-corrected chi connectivity index (χ1v) is 10.3. The largest absolute Gasteiger partial charge is 0.490 e. The molecule has 0 aliphatic heterocycles. The smallest absolute Gasteiger partial charge is 0.387 e. The Balaban J connectivity index is 1.64. The van der Waals surface area contributed by atoms with Crippen LogP contribution in [0.15, 0.2) is 53.9 Å². The zero-order valence-electron chi connectivity index (χ0n) is 16.7. The van der Waals surface area contributed by atoms with Gasteiger partial charge < -0.3 is 14.4 Å². The van der Waals surface area contributed by atoms with Gasteiger partial charge in [-0.15, -0.1) is 11.3 Å². The Morgan fingerprint density at radius 2 is 1.93 bits per heavy atom. The van der Waals surface area contributed by atoms with E-state index in [0.717, 1.165) is 16.1 Å². The van der Waals surface area contributed by atoms with Gasteiger partial charge in [-0.1, -0.05) is 36.4 Å². The maximum absolute atomic E-state index is 12.6. The van der Waals surface area contributed by atoms with Crippen LogP contribution < -0.4 is 9.47 Å². The second-order valence-corrected chi connectivity index (χ2v) is 7.39. The molecule has 30 heavy (non-hydrogen) atoms. The molecule has 3 aromatic rings. The lowest BCUT2D eigenvalue weighted by atomic mass is 10.2. The average Bonchev–Trinajstić information content (AvgIpc) is 3.19. The third-order valence-electron chi connectivity index (χ3n) is 4.27. The van der Waals surface area contributed by atoms with Crippen LogP contribution in [0.2, 0.25) is 0 Å². The number of halogens is 2. The average molecular weight is 432 g/mol. The van der Waals surface area contributed by atoms with E-state index < -0.39 is 6.61 Å². The molecule has 1 aromatic heterocycles. The van der Waals surface area contributed by atoms with Crippen molar-refractivity contribution in [3.63, 3.8) is 0 Å². The summed E-state index contributed by atoms with van der Waals surface area (Å²) in [5, 5.41) is 2.76. The second-order valence-electron chi connectivity index (χ2n) is 6.53. The van der Waals surface area contributed by atoms with Crippen molar-refractivity contribution < 1.29 is 23.0 Å². The van der Waals surface area contributed by atoms with Gasteiger partial charge in [-0.3, -0.25) is 4.79 Å². The summed E-state index contributed by atoms with van der Waals surface area (Å²) in [6, 6.07) is 14.5. The molecule has 0 radical (unpaired) electrons. The van der Waals surface area contributed by atoms with E-state index in [1.807, 2.05) is 35.7 Å². The maximum Gasteiger partial charge on any atom is 0.387 e. The Morgan fingerprint density at radius 3 is 2.63 bits per heavy atom. The fourth-order valence-corrected chi connectivity index (χ4v) is 3.69. The highest BCUT2D eigenvalue weighted by atomic mass is 32.1. The molecule has 0 aliphatic rings. The van der Waals surface area contributed by atoms with Gasteiger partial charge in [0.05, 0.1) is 18.7 Å². The van der Waals surface area contributed by atoms with Crippen LogP contribution >= 0.6 is 11.3 Å². The highest BCUT2D eigenvalue weighted by Gasteiger charge is 2.16. The quantitative estimate of drug-likeness (QED) is 0.477. The Labute approximate surface area is 177 Å². The fourth-order valence-electron chi connectivity index (χ4n) is 2.87. The van der Waals surface area contributed by atoms with E-state index in [1.54, 1.807) is 31.0 Å². The number of thiazole rings is 1. The molecule has 2 aromatic carbocycles. The van der Waals surface area contributed by atoms with Crippen LogP contribution in [0, 0.1) is 0 Å². The van der Waals surface area contributed by atoms with E-state index in [0.29, 0.717) is 18.8 Å². The molecule has 0 bridgehead atoms. The summed E-state index contributed by atoms with van der Waals surface area (Å²) in [5.74, 6) is 0.106. The van der Waals surface area contributed by atoms with Crippen LogP contribution in [-0.4, -0.2) is 36.1 Å². The molecule has 0 saturated carbocycles. The Hall–Kier alpha value is -3.00. The number of hydrogen-bond donors (Lipinski definition) is 0. The predicted octanol–water partition coefficient (Wildman–Crippen LogP) is 5.01. The summed E-state index contributed by atoms with van der Waals surface area (Å²) in [7, 11) is 1.69. The van der Waals surface area contributed by atoms with Gasteiger partial charge in [0.1, 0.15) is 5.01 Å². The molecule has 0 fully saturated rings. The van der Waals surface area contributed by atoms with Gasteiger partial charge in [0.2, 0.25) is 5.91 Å². The van der Waals surface area contributed by atoms with Gasteiger partial charge in [0.25, 0.3) is 0 Å². The molecule has 0 aliphatic carbocycles. The number of carbonyl (C=O) groups excluding carboxylic acids is 1. The van der Waals surface area contributed by atoms with Crippen molar-refractivity contribution in [3.8, 4) is 22.1 Å². The molecule has 0 atom stereocenters. The van der Waals surface area contributed by atoms with Gasteiger partial charge in [-0.25, -0.2) is 4.98 Å². The lowest BCUT2D eigenvalue weighted by Crippen LogP contribution is -2.27. The monoisotopic (exact) mass is 432 g/mol. The molecule has 0 saturated heterocycles. The first kappa shape index (κ1) is 21.7. The van der Waals surface area contributed by atoms with Crippen molar-refractivity contribution in [3.05, 3.63) is 65.2 Å². The molecule has 0 N–H and O–H groups in total. The third kappa shape index (κ3) is 5.76. The molecule has 0 unspecified atom stereocenters. The van der Waals surface area contributed by atoms with Crippen LogP contribution in [-0.2, 0) is 17.8 Å². The number of carbonyl (C=O) groups is 1. The van der Waals surface area contributed by atoms with Crippen molar-refractivity contribution in [2.24, 2.45) is 0 Å². The number of alkyl halides is 2. The molecule has 1 heterocycles. The normalized spacial score (nSPS) is 10.8. The van der Waals surface area contributed by atoms with Gasteiger partial charge in [0, 0.05) is 24.5 Å².